The molecular weight excluding hydrogens is 421 g/mol. The van der Waals surface area contributed by atoms with Gasteiger partial charge in [0.25, 0.3) is 15.9 Å². The molecule has 0 fully saturated rings. The van der Waals surface area contributed by atoms with E-state index in [2.05, 4.69) is 6.58 Å². The smallest absolute Gasteiger partial charge is 0.395 e. The minimum absolute atomic E-state index is 0.0582. The van der Waals surface area contributed by atoms with Gasteiger partial charge in [0.05, 0.1) is 29.3 Å². The van der Waals surface area contributed by atoms with Crippen molar-refractivity contribution in [3.8, 4) is 0 Å². The summed E-state index contributed by atoms with van der Waals surface area (Å²) in [5, 5.41) is 8.97. The van der Waals surface area contributed by atoms with Gasteiger partial charge in [0, 0.05) is 19.2 Å². The number of carbonyl (C=O) groups excluding carboxylic acids is 1. The topological polar surface area (TPSA) is 77.9 Å². The molecule has 2 aromatic rings. The van der Waals surface area contributed by atoms with Crippen LogP contribution in [-0.2, 0) is 16.2 Å². The first-order valence-corrected chi connectivity index (χ1v) is 10.2. The maximum absolute atomic E-state index is 13.2. The van der Waals surface area contributed by atoms with Crippen LogP contribution in [0.5, 0.6) is 0 Å². The first-order valence-electron chi connectivity index (χ1n) is 8.79. The highest BCUT2D eigenvalue weighted by Crippen LogP contribution is 2.33. The average molecular weight is 442 g/mol. The van der Waals surface area contributed by atoms with Gasteiger partial charge in [0.2, 0.25) is 0 Å². The van der Waals surface area contributed by atoms with Crippen LogP contribution in [0.2, 0.25) is 0 Å². The van der Waals surface area contributed by atoms with Crippen LogP contribution in [0.3, 0.4) is 0 Å². The Morgan fingerprint density at radius 3 is 2.43 bits per heavy atom. The predicted octanol–water partition coefficient (Wildman–Crippen LogP) is 3.15. The third kappa shape index (κ3) is 5.19. The molecule has 2 aromatic carbocycles. The van der Waals surface area contributed by atoms with E-state index < -0.39 is 27.7 Å². The summed E-state index contributed by atoms with van der Waals surface area (Å²) in [6.45, 7) is 3.01. The Kier molecular flexibility index (Phi) is 7.27. The Morgan fingerprint density at radius 2 is 1.83 bits per heavy atom. The SMILES string of the molecule is C=CCN(c1cccc(C(F)(F)F)c1)S(=O)(=O)c1cccc(C(=O)N(C)CCO)c1. The summed E-state index contributed by atoms with van der Waals surface area (Å²) in [5.41, 5.74) is -1.10. The molecule has 0 radical (unpaired) electrons. The fraction of sp³-hybridized carbons (Fsp3) is 0.250. The van der Waals surface area contributed by atoms with E-state index in [1.165, 1.54) is 42.3 Å². The maximum Gasteiger partial charge on any atom is 0.416 e. The molecule has 0 atom stereocenters. The molecule has 0 saturated heterocycles. The van der Waals surface area contributed by atoms with E-state index in [9.17, 15) is 26.4 Å². The Morgan fingerprint density at radius 1 is 1.17 bits per heavy atom. The standard InChI is InChI=1S/C20H21F3N2O4S/c1-3-10-25(17-8-5-7-16(14-17)20(21,22)23)30(28,29)18-9-4-6-15(13-18)19(27)24(2)11-12-26/h3-9,13-14,26H,1,10-12H2,2H3. The first kappa shape index (κ1) is 23.4. The van der Waals surface area contributed by atoms with Crippen molar-refractivity contribution < 1.29 is 31.5 Å². The third-order valence-electron chi connectivity index (χ3n) is 4.21. The van der Waals surface area contributed by atoms with Gasteiger partial charge in [0.1, 0.15) is 0 Å². The van der Waals surface area contributed by atoms with Gasteiger partial charge >= 0.3 is 6.18 Å². The number of alkyl halides is 3. The molecule has 2 rings (SSSR count). The number of benzene rings is 2. The van der Waals surface area contributed by atoms with E-state index in [-0.39, 0.29) is 35.8 Å². The van der Waals surface area contributed by atoms with Gasteiger partial charge in [-0.1, -0.05) is 18.2 Å². The summed E-state index contributed by atoms with van der Waals surface area (Å²) in [4.78, 5) is 13.4. The normalized spacial score (nSPS) is 11.8. The maximum atomic E-state index is 13.2. The molecule has 1 N–H and O–H groups in total. The van der Waals surface area contributed by atoms with Crippen molar-refractivity contribution in [1.82, 2.24) is 4.90 Å². The minimum atomic E-state index is -4.64. The predicted molar refractivity (Wildman–Crippen MR) is 107 cm³/mol. The quantitative estimate of drug-likeness (QED) is 0.637. The lowest BCUT2D eigenvalue weighted by Gasteiger charge is -2.24. The van der Waals surface area contributed by atoms with E-state index in [1.54, 1.807) is 0 Å². The summed E-state index contributed by atoms with van der Waals surface area (Å²) >= 11 is 0. The van der Waals surface area contributed by atoms with Crippen molar-refractivity contribution in [2.24, 2.45) is 0 Å². The van der Waals surface area contributed by atoms with Crippen LogP contribution in [0.4, 0.5) is 18.9 Å². The van der Waals surface area contributed by atoms with Gasteiger partial charge in [-0.3, -0.25) is 9.10 Å². The minimum Gasteiger partial charge on any atom is -0.395 e. The van der Waals surface area contributed by atoms with E-state index in [0.717, 1.165) is 28.6 Å². The number of aliphatic hydroxyl groups excluding tert-OH is 1. The zero-order chi connectivity index (χ0) is 22.5. The van der Waals surface area contributed by atoms with Crippen LogP contribution >= 0.6 is 0 Å². The molecule has 162 valence electrons. The van der Waals surface area contributed by atoms with E-state index in [0.29, 0.717) is 0 Å². The summed E-state index contributed by atoms with van der Waals surface area (Å²) in [6.07, 6.45) is -3.38. The third-order valence-corrected chi connectivity index (χ3v) is 6.00. The van der Waals surface area contributed by atoms with Crippen molar-refractivity contribution in [2.75, 3.05) is 31.0 Å². The number of amides is 1. The molecule has 0 spiro atoms. The molecule has 30 heavy (non-hydrogen) atoms. The highest BCUT2D eigenvalue weighted by Gasteiger charge is 2.32. The van der Waals surface area contributed by atoms with Gasteiger partial charge in [-0.15, -0.1) is 6.58 Å². The molecule has 6 nitrogen and oxygen atoms in total. The van der Waals surface area contributed by atoms with Crippen molar-refractivity contribution in [3.63, 3.8) is 0 Å². The number of rotatable bonds is 8. The van der Waals surface area contributed by atoms with E-state index in [4.69, 9.17) is 5.11 Å². The van der Waals surface area contributed by atoms with Crippen molar-refractivity contribution in [2.45, 2.75) is 11.1 Å². The van der Waals surface area contributed by atoms with E-state index in [1.807, 2.05) is 0 Å². The van der Waals surface area contributed by atoms with Crippen molar-refractivity contribution in [1.29, 1.82) is 0 Å². The molecule has 0 aliphatic rings. The van der Waals surface area contributed by atoms with Crippen LogP contribution in [0.15, 0.2) is 66.1 Å². The van der Waals surface area contributed by atoms with Crippen LogP contribution in [0, 0.1) is 0 Å². The van der Waals surface area contributed by atoms with Crippen LogP contribution in [-0.4, -0.2) is 51.1 Å². The Hall–Kier alpha value is -2.85. The second kappa shape index (κ2) is 9.31. The molecule has 10 heteroatoms. The van der Waals surface area contributed by atoms with E-state index >= 15 is 0 Å². The van der Waals surface area contributed by atoms with Crippen LogP contribution < -0.4 is 4.31 Å². The molecule has 0 saturated carbocycles. The molecule has 0 heterocycles. The molecular formula is C20H21F3N2O4S. The fourth-order valence-electron chi connectivity index (χ4n) is 2.69. The lowest BCUT2D eigenvalue weighted by Crippen LogP contribution is -2.32. The van der Waals surface area contributed by atoms with Crippen LogP contribution in [0.1, 0.15) is 15.9 Å². The number of hydrogen-bond acceptors (Lipinski definition) is 4. The largest absolute Gasteiger partial charge is 0.416 e. The van der Waals surface area contributed by atoms with Crippen molar-refractivity contribution >= 4 is 21.6 Å². The average Bonchev–Trinajstić information content (AvgIpc) is 2.71. The number of aliphatic hydroxyl groups is 1. The molecule has 0 unspecified atom stereocenters. The lowest BCUT2D eigenvalue weighted by atomic mass is 10.2. The van der Waals surface area contributed by atoms with Gasteiger partial charge in [-0.25, -0.2) is 8.42 Å². The summed E-state index contributed by atoms with van der Waals surface area (Å²) < 4.78 is 66.4. The van der Waals surface area contributed by atoms with Gasteiger partial charge < -0.3 is 10.0 Å². The molecule has 0 aromatic heterocycles. The second-order valence-electron chi connectivity index (χ2n) is 6.35. The monoisotopic (exact) mass is 442 g/mol. The lowest BCUT2D eigenvalue weighted by molar-refractivity contribution is -0.137. The number of carbonyl (C=O) groups is 1. The van der Waals surface area contributed by atoms with Crippen LogP contribution in [0.25, 0.3) is 0 Å². The number of hydrogen-bond donors (Lipinski definition) is 1. The molecule has 0 bridgehead atoms. The fourth-order valence-corrected chi connectivity index (χ4v) is 4.16. The number of nitrogens with zero attached hydrogens (tertiary/aromatic N) is 2. The molecule has 1 amide bonds. The number of anilines is 1. The van der Waals surface area contributed by atoms with Gasteiger partial charge in [0.15, 0.2) is 0 Å². The van der Waals surface area contributed by atoms with Gasteiger partial charge in [-0.2, -0.15) is 13.2 Å². The van der Waals surface area contributed by atoms with Crippen molar-refractivity contribution in [3.05, 3.63) is 72.3 Å². The zero-order valence-corrected chi connectivity index (χ0v) is 16.9. The Balaban J connectivity index is 2.50. The number of sulfonamides is 1. The summed E-state index contributed by atoms with van der Waals surface area (Å²) in [5.74, 6) is -0.504. The van der Waals surface area contributed by atoms with Gasteiger partial charge in [-0.05, 0) is 36.4 Å². The highest BCUT2D eigenvalue weighted by molar-refractivity contribution is 7.92. The summed E-state index contributed by atoms with van der Waals surface area (Å²) in [7, 11) is -2.85. The molecule has 0 aliphatic carbocycles. The number of halogens is 3. The second-order valence-corrected chi connectivity index (χ2v) is 8.21. The number of likely N-dealkylation sites (N-methyl/N-ethyl adjacent to an activating group) is 1. The summed E-state index contributed by atoms with van der Waals surface area (Å²) in [6, 6.07) is 9.14. The zero-order valence-electron chi connectivity index (χ0n) is 16.1. The highest BCUT2D eigenvalue weighted by atomic mass is 32.2. The first-order chi connectivity index (χ1) is 14.0. The molecule has 0 aliphatic heterocycles. The Labute approximate surface area is 172 Å². The Bertz CT molecular complexity index is 1020.